The molecule has 0 aromatic heterocycles. The highest BCUT2D eigenvalue weighted by Crippen LogP contribution is 2.10. The summed E-state index contributed by atoms with van der Waals surface area (Å²) in [5.74, 6) is 5.77. The fourth-order valence-corrected chi connectivity index (χ4v) is 1.77. The molecule has 1 atom stereocenters. The standard InChI is InChI=1S/C18H18O2/c19-18(17-11-5-2-6-12-17)13-7-8-14-20-15-16-9-3-1-4-10-16/h1-6,9-12,18-19H,8,14-15H2. The Morgan fingerprint density at radius 3 is 2.30 bits per heavy atom. The lowest BCUT2D eigenvalue weighted by atomic mass is 10.1. The molecule has 2 aromatic carbocycles. The van der Waals surface area contributed by atoms with Gasteiger partial charge in [-0.1, -0.05) is 72.5 Å². The first-order chi connectivity index (χ1) is 9.86. The zero-order chi connectivity index (χ0) is 14.0. The van der Waals surface area contributed by atoms with Crippen LogP contribution >= 0.6 is 0 Å². The van der Waals surface area contributed by atoms with E-state index in [-0.39, 0.29) is 0 Å². The van der Waals surface area contributed by atoms with Gasteiger partial charge in [0.1, 0.15) is 6.10 Å². The Hall–Kier alpha value is -2.08. The third kappa shape index (κ3) is 4.89. The minimum absolute atomic E-state index is 0.573. The lowest BCUT2D eigenvalue weighted by Crippen LogP contribution is -1.95. The molecule has 0 amide bonds. The first-order valence-corrected chi connectivity index (χ1v) is 6.69. The molecule has 20 heavy (non-hydrogen) atoms. The summed E-state index contributed by atoms with van der Waals surface area (Å²) in [6, 6.07) is 19.5. The molecular formula is C18H18O2. The molecule has 102 valence electrons. The van der Waals surface area contributed by atoms with Gasteiger partial charge in [0.05, 0.1) is 13.2 Å². The SMILES string of the molecule is OC(C#CCCOCc1ccccc1)c1ccccc1. The van der Waals surface area contributed by atoms with Crippen LogP contribution in [0.5, 0.6) is 0 Å². The third-order valence-corrected chi connectivity index (χ3v) is 2.84. The highest BCUT2D eigenvalue weighted by molar-refractivity contribution is 5.24. The number of hydrogen-bond acceptors (Lipinski definition) is 2. The van der Waals surface area contributed by atoms with Gasteiger partial charge in [0.15, 0.2) is 0 Å². The van der Waals surface area contributed by atoms with Gasteiger partial charge in [-0.2, -0.15) is 0 Å². The molecule has 0 radical (unpaired) electrons. The normalized spacial score (nSPS) is 11.4. The van der Waals surface area contributed by atoms with Crippen LogP contribution in [0.25, 0.3) is 0 Å². The van der Waals surface area contributed by atoms with Gasteiger partial charge in [-0.05, 0) is 11.1 Å². The Balaban J connectivity index is 1.68. The van der Waals surface area contributed by atoms with Gasteiger partial charge >= 0.3 is 0 Å². The van der Waals surface area contributed by atoms with Gasteiger partial charge in [0.25, 0.3) is 0 Å². The van der Waals surface area contributed by atoms with E-state index >= 15 is 0 Å². The van der Waals surface area contributed by atoms with Gasteiger partial charge in [0, 0.05) is 6.42 Å². The van der Waals surface area contributed by atoms with Crippen LogP contribution in [0.3, 0.4) is 0 Å². The molecule has 2 heteroatoms. The fourth-order valence-electron chi connectivity index (χ4n) is 1.77. The van der Waals surface area contributed by atoms with Crippen LogP contribution in [0.15, 0.2) is 60.7 Å². The first kappa shape index (κ1) is 14.3. The maximum atomic E-state index is 9.84. The van der Waals surface area contributed by atoms with Crippen LogP contribution in [0, 0.1) is 11.8 Å². The Morgan fingerprint density at radius 2 is 1.60 bits per heavy atom. The average Bonchev–Trinajstić information content (AvgIpc) is 2.52. The van der Waals surface area contributed by atoms with Gasteiger partial charge < -0.3 is 9.84 Å². The number of aliphatic hydroxyl groups is 1. The summed E-state index contributed by atoms with van der Waals surface area (Å²) in [6.45, 7) is 1.17. The molecule has 2 rings (SSSR count). The minimum Gasteiger partial charge on any atom is -0.376 e. The highest BCUT2D eigenvalue weighted by atomic mass is 16.5. The molecule has 0 heterocycles. The van der Waals surface area contributed by atoms with Crippen molar-refractivity contribution in [1.29, 1.82) is 0 Å². The maximum absolute atomic E-state index is 9.84. The van der Waals surface area contributed by atoms with Gasteiger partial charge in [-0.3, -0.25) is 0 Å². The molecule has 1 unspecified atom stereocenters. The van der Waals surface area contributed by atoms with E-state index in [0.29, 0.717) is 19.6 Å². The predicted molar refractivity (Wildman–Crippen MR) is 79.9 cm³/mol. The molecule has 0 fully saturated rings. The summed E-state index contributed by atoms with van der Waals surface area (Å²) < 4.78 is 5.52. The molecule has 2 aromatic rings. The zero-order valence-electron chi connectivity index (χ0n) is 11.3. The number of benzene rings is 2. The van der Waals surface area contributed by atoms with Crippen LogP contribution in [-0.4, -0.2) is 11.7 Å². The summed E-state index contributed by atoms with van der Waals surface area (Å²) in [6.07, 6.45) is -0.0955. The Labute approximate surface area is 120 Å². The van der Waals surface area contributed by atoms with Crippen LogP contribution < -0.4 is 0 Å². The van der Waals surface area contributed by atoms with E-state index in [9.17, 15) is 5.11 Å². The monoisotopic (exact) mass is 266 g/mol. The average molecular weight is 266 g/mol. The second kappa shape index (κ2) is 8.16. The summed E-state index contributed by atoms with van der Waals surface area (Å²) in [5.41, 5.74) is 1.98. The van der Waals surface area contributed by atoms with Crippen molar-refractivity contribution in [3.8, 4) is 11.8 Å². The fraction of sp³-hybridized carbons (Fsp3) is 0.222. The minimum atomic E-state index is -0.717. The quantitative estimate of drug-likeness (QED) is 0.664. The van der Waals surface area contributed by atoms with Crippen molar-refractivity contribution < 1.29 is 9.84 Å². The summed E-state index contributed by atoms with van der Waals surface area (Å²) in [5, 5.41) is 9.84. The molecular weight excluding hydrogens is 248 g/mol. The summed E-state index contributed by atoms with van der Waals surface area (Å²) in [4.78, 5) is 0. The molecule has 1 N–H and O–H groups in total. The molecule has 0 aliphatic carbocycles. The van der Waals surface area contributed by atoms with Crippen molar-refractivity contribution in [1.82, 2.24) is 0 Å². The van der Waals surface area contributed by atoms with Crippen LogP contribution in [0.2, 0.25) is 0 Å². The van der Waals surface area contributed by atoms with E-state index in [1.807, 2.05) is 60.7 Å². The number of ether oxygens (including phenoxy) is 1. The van der Waals surface area contributed by atoms with E-state index in [0.717, 1.165) is 11.1 Å². The third-order valence-electron chi connectivity index (χ3n) is 2.84. The highest BCUT2D eigenvalue weighted by Gasteiger charge is 2.00. The second-order valence-corrected chi connectivity index (χ2v) is 4.42. The lowest BCUT2D eigenvalue weighted by molar-refractivity contribution is 0.126. The second-order valence-electron chi connectivity index (χ2n) is 4.42. The molecule has 0 saturated heterocycles. The Kier molecular flexibility index (Phi) is 5.85. The number of rotatable bonds is 5. The van der Waals surface area contributed by atoms with Crippen molar-refractivity contribution >= 4 is 0 Å². The first-order valence-electron chi connectivity index (χ1n) is 6.69. The van der Waals surface area contributed by atoms with Crippen molar-refractivity contribution in [3.05, 3.63) is 71.8 Å². The van der Waals surface area contributed by atoms with E-state index in [1.165, 1.54) is 0 Å². The molecule has 0 saturated carbocycles. The zero-order valence-corrected chi connectivity index (χ0v) is 11.3. The van der Waals surface area contributed by atoms with Crippen molar-refractivity contribution in [2.45, 2.75) is 19.1 Å². The number of hydrogen-bond donors (Lipinski definition) is 1. The molecule has 0 bridgehead atoms. The van der Waals surface area contributed by atoms with E-state index < -0.39 is 6.10 Å². The van der Waals surface area contributed by atoms with Gasteiger partial charge in [0.2, 0.25) is 0 Å². The smallest absolute Gasteiger partial charge is 0.140 e. The topological polar surface area (TPSA) is 29.5 Å². The van der Waals surface area contributed by atoms with Gasteiger partial charge in [-0.15, -0.1) is 0 Å². The van der Waals surface area contributed by atoms with E-state index in [4.69, 9.17) is 4.74 Å². The van der Waals surface area contributed by atoms with Crippen LogP contribution in [0.1, 0.15) is 23.7 Å². The Morgan fingerprint density at radius 1 is 0.950 bits per heavy atom. The van der Waals surface area contributed by atoms with Crippen molar-refractivity contribution in [2.75, 3.05) is 6.61 Å². The maximum Gasteiger partial charge on any atom is 0.140 e. The Bertz CT molecular complexity index is 552. The molecule has 0 aliphatic heterocycles. The largest absolute Gasteiger partial charge is 0.376 e. The van der Waals surface area contributed by atoms with E-state index in [2.05, 4.69) is 11.8 Å². The van der Waals surface area contributed by atoms with Crippen molar-refractivity contribution in [2.24, 2.45) is 0 Å². The van der Waals surface area contributed by atoms with Crippen molar-refractivity contribution in [3.63, 3.8) is 0 Å². The summed E-state index contributed by atoms with van der Waals surface area (Å²) >= 11 is 0. The van der Waals surface area contributed by atoms with Crippen LogP contribution in [0.4, 0.5) is 0 Å². The number of aliphatic hydroxyl groups excluding tert-OH is 1. The van der Waals surface area contributed by atoms with E-state index in [1.54, 1.807) is 0 Å². The lowest BCUT2D eigenvalue weighted by Gasteiger charge is -2.03. The molecule has 2 nitrogen and oxygen atoms in total. The predicted octanol–water partition coefficient (Wildman–Crippen LogP) is 3.33. The van der Waals surface area contributed by atoms with Gasteiger partial charge in [-0.25, -0.2) is 0 Å². The summed E-state index contributed by atoms with van der Waals surface area (Å²) in [7, 11) is 0. The molecule has 0 aliphatic rings. The molecule has 0 spiro atoms. The van der Waals surface area contributed by atoms with Crippen LogP contribution in [-0.2, 0) is 11.3 Å².